The van der Waals surface area contributed by atoms with Gasteiger partial charge in [0.05, 0.1) is 26.5 Å². The molecule has 2 rings (SSSR count). The summed E-state index contributed by atoms with van der Waals surface area (Å²) in [5, 5.41) is 3.05. The van der Waals surface area contributed by atoms with Crippen molar-refractivity contribution in [1.29, 1.82) is 0 Å². The van der Waals surface area contributed by atoms with Crippen LogP contribution in [0.5, 0.6) is 11.5 Å². The molecule has 0 heterocycles. The van der Waals surface area contributed by atoms with E-state index >= 15 is 0 Å². The predicted octanol–water partition coefficient (Wildman–Crippen LogP) is 2.72. The van der Waals surface area contributed by atoms with Gasteiger partial charge in [0, 0.05) is 11.3 Å². The number of benzene rings is 2. The van der Waals surface area contributed by atoms with E-state index in [1.165, 1.54) is 5.56 Å². The highest BCUT2D eigenvalue weighted by atomic mass is 16.5. The number of hydrogen-bond acceptors (Lipinski definition) is 5. The van der Waals surface area contributed by atoms with Crippen LogP contribution in [0.1, 0.15) is 11.1 Å². The van der Waals surface area contributed by atoms with Crippen molar-refractivity contribution in [1.82, 2.24) is 10.9 Å². The van der Waals surface area contributed by atoms with Gasteiger partial charge in [-0.2, -0.15) is 0 Å². The molecule has 3 N–H and O–H groups in total. The molecule has 0 aliphatic rings. The number of anilines is 1. The Balaban J connectivity index is 1.84. The van der Waals surface area contributed by atoms with Gasteiger partial charge in [-0.1, -0.05) is 24.3 Å². The molecule has 0 saturated heterocycles. The van der Waals surface area contributed by atoms with Gasteiger partial charge in [-0.05, 0) is 37.3 Å². The summed E-state index contributed by atoms with van der Waals surface area (Å²) in [6.07, 6.45) is 0. The zero-order chi connectivity index (χ0) is 18.2. The fourth-order valence-electron chi connectivity index (χ4n) is 2.14. The van der Waals surface area contributed by atoms with Crippen LogP contribution in [0.15, 0.2) is 49.0 Å². The topological polar surface area (TPSA) is 71.6 Å². The van der Waals surface area contributed by atoms with Crippen molar-refractivity contribution >= 4 is 17.3 Å². The minimum absolute atomic E-state index is 0.148. The molecule has 0 bridgehead atoms. The number of hydrogen-bond donors (Lipinski definition) is 3. The van der Waals surface area contributed by atoms with Crippen LogP contribution in [-0.2, 0) is 4.79 Å². The lowest BCUT2D eigenvalue weighted by atomic mass is 10.1. The molecule has 132 valence electrons. The SMILES string of the molecule is C=C(NNC(=O)CNc1ccc(C)cc1)c1ccc(OC)c(OC)c1. The zero-order valence-corrected chi connectivity index (χ0v) is 14.7. The molecule has 0 radical (unpaired) electrons. The maximum Gasteiger partial charge on any atom is 0.257 e. The second-order valence-corrected chi connectivity index (χ2v) is 5.44. The third-order valence-electron chi connectivity index (χ3n) is 3.59. The molecule has 0 aromatic heterocycles. The first-order valence-corrected chi connectivity index (χ1v) is 7.80. The number of nitrogens with one attached hydrogen (secondary N) is 3. The lowest BCUT2D eigenvalue weighted by Crippen LogP contribution is -2.39. The van der Waals surface area contributed by atoms with Crippen molar-refractivity contribution in [2.45, 2.75) is 6.92 Å². The van der Waals surface area contributed by atoms with Crippen LogP contribution in [0.25, 0.3) is 5.70 Å². The lowest BCUT2D eigenvalue weighted by Gasteiger charge is -2.14. The van der Waals surface area contributed by atoms with Gasteiger partial charge in [0.15, 0.2) is 11.5 Å². The molecule has 0 atom stereocenters. The average Bonchev–Trinajstić information content (AvgIpc) is 2.64. The Morgan fingerprint density at radius 2 is 1.68 bits per heavy atom. The van der Waals surface area contributed by atoms with E-state index < -0.39 is 0 Å². The molecule has 0 aliphatic carbocycles. The molecule has 1 amide bonds. The van der Waals surface area contributed by atoms with Crippen molar-refractivity contribution in [2.75, 3.05) is 26.1 Å². The monoisotopic (exact) mass is 341 g/mol. The molecular formula is C19H23N3O3. The first-order chi connectivity index (χ1) is 12.0. The van der Waals surface area contributed by atoms with Crippen molar-refractivity contribution in [3.63, 3.8) is 0 Å². The number of carbonyl (C=O) groups is 1. The van der Waals surface area contributed by atoms with Gasteiger partial charge in [0.25, 0.3) is 5.91 Å². The van der Waals surface area contributed by atoms with E-state index in [9.17, 15) is 4.79 Å². The number of carbonyl (C=O) groups excluding carboxylic acids is 1. The maximum absolute atomic E-state index is 11.9. The van der Waals surface area contributed by atoms with Crippen molar-refractivity contribution in [3.05, 3.63) is 60.2 Å². The number of hydrazine groups is 1. The molecule has 0 fully saturated rings. The summed E-state index contributed by atoms with van der Waals surface area (Å²) in [6.45, 7) is 6.08. The Hall–Kier alpha value is -3.15. The summed E-state index contributed by atoms with van der Waals surface area (Å²) < 4.78 is 10.5. The Morgan fingerprint density at radius 1 is 1.00 bits per heavy atom. The van der Waals surface area contributed by atoms with Gasteiger partial charge < -0.3 is 14.8 Å². The fraction of sp³-hybridized carbons (Fsp3) is 0.211. The Kier molecular flexibility index (Phi) is 6.28. The van der Waals surface area contributed by atoms with E-state index in [0.29, 0.717) is 17.2 Å². The van der Waals surface area contributed by atoms with E-state index in [4.69, 9.17) is 9.47 Å². The fourth-order valence-corrected chi connectivity index (χ4v) is 2.14. The average molecular weight is 341 g/mol. The second-order valence-electron chi connectivity index (χ2n) is 5.44. The van der Waals surface area contributed by atoms with Crippen LogP contribution in [0.3, 0.4) is 0 Å². The Bertz CT molecular complexity index is 742. The predicted molar refractivity (Wildman–Crippen MR) is 99.5 cm³/mol. The molecule has 0 spiro atoms. The molecule has 2 aromatic carbocycles. The van der Waals surface area contributed by atoms with E-state index in [-0.39, 0.29) is 12.5 Å². The molecule has 0 saturated carbocycles. The first-order valence-electron chi connectivity index (χ1n) is 7.80. The lowest BCUT2D eigenvalue weighted by molar-refractivity contribution is -0.120. The van der Waals surface area contributed by atoms with E-state index in [1.807, 2.05) is 37.3 Å². The number of amides is 1. The highest BCUT2D eigenvalue weighted by Gasteiger charge is 2.08. The highest BCUT2D eigenvalue weighted by Crippen LogP contribution is 2.29. The largest absolute Gasteiger partial charge is 0.493 e. The Morgan fingerprint density at radius 3 is 2.32 bits per heavy atom. The molecule has 25 heavy (non-hydrogen) atoms. The maximum atomic E-state index is 11.9. The number of ether oxygens (including phenoxy) is 2. The van der Waals surface area contributed by atoms with Crippen LogP contribution in [-0.4, -0.2) is 26.7 Å². The summed E-state index contributed by atoms with van der Waals surface area (Å²) in [5.74, 6) is 1.02. The third kappa shape index (κ3) is 5.17. The molecule has 6 nitrogen and oxygen atoms in total. The van der Waals surface area contributed by atoms with E-state index in [0.717, 1.165) is 11.3 Å². The normalized spacial score (nSPS) is 9.88. The molecule has 2 aromatic rings. The highest BCUT2D eigenvalue weighted by molar-refractivity contribution is 5.81. The summed E-state index contributed by atoms with van der Waals surface area (Å²) >= 11 is 0. The van der Waals surface area contributed by atoms with Crippen molar-refractivity contribution in [3.8, 4) is 11.5 Å². The quantitative estimate of drug-likeness (QED) is 0.644. The van der Waals surface area contributed by atoms with Crippen LogP contribution in [0, 0.1) is 6.92 Å². The van der Waals surface area contributed by atoms with Gasteiger partial charge in [0.1, 0.15) is 0 Å². The van der Waals surface area contributed by atoms with Gasteiger partial charge in [-0.3, -0.25) is 15.6 Å². The summed E-state index contributed by atoms with van der Waals surface area (Å²) in [4.78, 5) is 11.9. The van der Waals surface area contributed by atoms with E-state index in [2.05, 4.69) is 22.7 Å². The second kappa shape index (κ2) is 8.63. The molecule has 0 unspecified atom stereocenters. The standard InChI is InChI=1S/C19H23N3O3/c1-13-5-8-16(9-6-13)20-12-19(23)22-21-14(2)15-7-10-17(24-3)18(11-15)25-4/h5-11,20-21H,2,12H2,1,3-4H3,(H,22,23). The number of rotatable bonds is 8. The van der Waals surface area contributed by atoms with Crippen LogP contribution < -0.4 is 25.6 Å². The third-order valence-corrected chi connectivity index (χ3v) is 3.59. The number of aryl methyl sites for hydroxylation is 1. The minimum atomic E-state index is -0.206. The van der Waals surface area contributed by atoms with Crippen molar-refractivity contribution in [2.24, 2.45) is 0 Å². The molecule has 6 heteroatoms. The number of methoxy groups -OCH3 is 2. The molecule has 0 aliphatic heterocycles. The van der Waals surface area contributed by atoms with Gasteiger partial charge >= 0.3 is 0 Å². The van der Waals surface area contributed by atoms with Crippen LogP contribution in [0.2, 0.25) is 0 Å². The van der Waals surface area contributed by atoms with Gasteiger partial charge in [-0.25, -0.2) is 0 Å². The van der Waals surface area contributed by atoms with Crippen molar-refractivity contribution < 1.29 is 14.3 Å². The summed E-state index contributed by atoms with van der Waals surface area (Å²) in [5.41, 5.74) is 8.79. The van der Waals surface area contributed by atoms with Gasteiger partial charge in [0.2, 0.25) is 0 Å². The minimum Gasteiger partial charge on any atom is -0.493 e. The summed E-state index contributed by atoms with van der Waals surface area (Å²) in [6, 6.07) is 13.2. The zero-order valence-electron chi connectivity index (χ0n) is 14.7. The summed E-state index contributed by atoms with van der Waals surface area (Å²) in [7, 11) is 3.14. The molecular weight excluding hydrogens is 318 g/mol. The van der Waals surface area contributed by atoms with Crippen LogP contribution >= 0.6 is 0 Å². The smallest absolute Gasteiger partial charge is 0.257 e. The van der Waals surface area contributed by atoms with Gasteiger partial charge in [-0.15, -0.1) is 0 Å². The first kappa shape index (κ1) is 18.2. The van der Waals surface area contributed by atoms with E-state index in [1.54, 1.807) is 26.4 Å². The Labute approximate surface area is 147 Å². The van der Waals surface area contributed by atoms with Crippen LogP contribution in [0.4, 0.5) is 5.69 Å².